The van der Waals surface area contributed by atoms with Gasteiger partial charge in [0.1, 0.15) is 5.52 Å². The van der Waals surface area contributed by atoms with Gasteiger partial charge in [0.25, 0.3) is 0 Å². The Bertz CT molecular complexity index is 677. The molecule has 0 bridgehead atoms. The van der Waals surface area contributed by atoms with Gasteiger partial charge in [0.05, 0.1) is 12.2 Å². The van der Waals surface area contributed by atoms with Crippen molar-refractivity contribution in [2.45, 2.75) is 26.9 Å². The molecule has 0 aliphatic heterocycles. The summed E-state index contributed by atoms with van der Waals surface area (Å²) in [7, 11) is 0. The minimum absolute atomic E-state index is 0.557. The zero-order valence-electron chi connectivity index (χ0n) is 10.4. The van der Waals surface area contributed by atoms with Crippen molar-refractivity contribution in [3.63, 3.8) is 0 Å². The monoisotopic (exact) mass is 261 g/mol. The lowest BCUT2D eigenvalue weighted by molar-refractivity contribution is 0.649. The molecule has 3 aromatic heterocycles. The van der Waals surface area contributed by atoms with Crippen LogP contribution >= 0.6 is 11.3 Å². The van der Waals surface area contributed by atoms with Crippen LogP contribution < -0.4 is 5.73 Å². The topological polar surface area (TPSA) is 61.7 Å². The third-order valence-corrected chi connectivity index (χ3v) is 3.88. The highest BCUT2D eigenvalue weighted by Gasteiger charge is 2.16. The fourth-order valence-electron chi connectivity index (χ4n) is 2.18. The van der Waals surface area contributed by atoms with Gasteiger partial charge in [-0.15, -0.1) is 11.3 Å². The highest BCUT2D eigenvalue weighted by Crippen LogP contribution is 2.23. The van der Waals surface area contributed by atoms with Crippen LogP contribution in [-0.2, 0) is 13.1 Å². The number of nitrogens with zero attached hydrogens (tertiary/aromatic N) is 4. The van der Waals surface area contributed by atoms with Crippen molar-refractivity contribution < 1.29 is 0 Å². The molecule has 0 aliphatic rings. The largest absolute Gasteiger partial charge is 0.369 e. The van der Waals surface area contributed by atoms with Gasteiger partial charge in [0, 0.05) is 11.4 Å². The second kappa shape index (κ2) is 4.13. The number of imidazole rings is 1. The number of thiophene rings is 1. The van der Waals surface area contributed by atoms with Gasteiger partial charge in [-0.1, -0.05) is 6.07 Å². The average molecular weight is 261 g/mol. The number of rotatable bonds is 3. The molecule has 0 spiro atoms. The molecule has 0 aromatic carbocycles. The van der Waals surface area contributed by atoms with E-state index in [2.05, 4.69) is 28.5 Å². The standard InChI is InChI=1S/C12H15N5S/c1-3-17-11-10(8(2)15-17)14-12(13)16(11)7-9-5-4-6-18-9/h4-6H,3,7H2,1-2H3,(H2,13,14). The van der Waals surface area contributed by atoms with Crippen LogP contribution in [-0.4, -0.2) is 19.3 Å². The average Bonchev–Trinajstić information content (AvgIpc) is 3.02. The van der Waals surface area contributed by atoms with Crippen LogP contribution in [0.25, 0.3) is 11.2 Å². The first-order chi connectivity index (χ1) is 8.70. The molecule has 0 saturated heterocycles. The predicted octanol–water partition coefficient (Wildman–Crippen LogP) is 2.25. The molecule has 3 heterocycles. The zero-order valence-corrected chi connectivity index (χ0v) is 11.2. The Balaban J connectivity index is 2.18. The van der Waals surface area contributed by atoms with Crippen LogP contribution in [0.5, 0.6) is 0 Å². The predicted molar refractivity (Wildman–Crippen MR) is 73.8 cm³/mol. The summed E-state index contributed by atoms with van der Waals surface area (Å²) in [5.74, 6) is 0.557. The van der Waals surface area contributed by atoms with Crippen molar-refractivity contribution in [1.82, 2.24) is 19.3 Å². The van der Waals surface area contributed by atoms with Gasteiger partial charge in [-0.3, -0.25) is 4.57 Å². The molecule has 94 valence electrons. The molecule has 0 radical (unpaired) electrons. The van der Waals surface area contributed by atoms with Crippen molar-refractivity contribution in [3.05, 3.63) is 28.1 Å². The van der Waals surface area contributed by atoms with Crippen molar-refractivity contribution in [3.8, 4) is 0 Å². The molecule has 0 aliphatic carbocycles. The van der Waals surface area contributed by atoms with Gasteiger partial charge >= 0.3 is 0 Å². The Morgan fingerprint density at radius 2 is 2.28 bits per heavy atom. The van der Waals surface area contributed by atoms with E-state index >= 15 is 0 Å². The lowest BCUT2D eigenvalue weighted by atomic mass is 10.4. The van der Waals surface area contributed by atoms with E-state index in [0.29, 0.717) is 5.95 Å². The van der Waals surface area contributed by atoms with E-state index < -0.39 is 0 Å². The van der Waals surface area contributed by atoms with E-state index in [1.165, 1.54) is 4.88 Å². The lowest BCUT2D eigenvalue weighted by Gasteiger charge is -2.06. The van der Waals surface area contributed by atoms with Crippen molar-refractivity contribution >= 4 is 28.4 Å². The normalized spacial score (nSPS) is 11.4. The first-order valence-electron chi connectivity index (χ1n) is 5.92. The fourth-order valence-corrected chi connectivity index (χ4v) is 2.87. The second-order valence-corrected chi connectivity index (χ2v) is 5.24. The zero-order chi connectivity index (χ0) is 12.7. The van der Waals surface area contributed by atoms with Crippen LogP contribution in [0.2, 0.25) is 0 Å². The number of aromatic nitrogens is 4. The van der Waals surface area contributed by atoms with Crippen LogP contribution in [0.15, 0.2) is 17.5 Å². The Labute approximate surface area is 109 Å². The maximum atomic E-state index is 6.02. The quantitative estimate of drug-likeness (QED) is 0.786. The Morgan fingerprint density at radius 3 is 2.94 bits per heavy atom. The molecule has 3 rings (SSSR count). The number of nitrogen functional groups attached to an aromatic ring is 1. The Hall–Kier alpha value is -1.82. The molecule has 0 fully saturated rings. The lowest BCUT2D eigenvalue weighted by Crippen LogP contribution is -2.08. The summed E-state index contributed by atoms with van der Waals surface area (Å²) in [5, 5.41) is 6.55. The fraction of sp³-hybridized carbons (Fsp3) is 0.333. The summed E-state index contributed by atoms with van der Waals surface area (Å²) in [6, 6.07) is 4.15. The van der Waals surface area contributed by atoms with E-state index in [9.17, 15) is 0 Å². The smallest absolute Gasteiger partial charge is 0.202 e. The molecule has 0 atom stereocenters. The van der Waals surface area contributed by atoms with Crippen LogP contribution in [0.4, 0.5) is 5.95 Å². The summed E-state index contributed by atoms with van der Waals surface area (Å²) in [5.41, 5.74) is 8.88. The third-order valence-electron chi connectivity index (χ3n) is 3.02. The SMILES string of the molecule is CCn1nc(C)c2nc(N)n(Cc3cccs3)c21. The van der Waals surface area contributed by atoms with Gasteiger partial charge in [0.15, 0.2) is 5.65 Å². The number of hydrogen-bond acceptors (Lipinski definition) is 4. The maximum absolute atomic E-state index is 6.02. The molecule has 0 unspecified atom stereocenters. The summed E-state index contributed by atoms with van der Waals surface area (Å²) in [4.78, 5) is 5.69. The van der Waals surface area contributed by atoms with E-state index in [1.54, 1.807) is 11.3 Å². The molecule has 0 amide bonds. The Kier molecular flexibility index (Phi) is 2.59. The molecule has 18 heavy (non-hydrogen) atoms. The third kappa shape index (κ3) is 1.60. The first-order valence-corrected chi connectivity index (χ1v) is 6.80. The van der Waals surface area contributed by atoms with Crippen molar-refractivity contribution in [1.29, 1.82) is 0 Å². The molecule has 6 heteroatoms. The van der Waals surface area contributed by atoms with Crippen molar-refractivity contribution in [2.24, 2.45) is 0 Å². The number of hydrogen-bond donors (Lipinski definition) is 1. The Morgan fingerprint density at radius 1 is 1.44 bits per heavy atom. The van der Waals surface area contributed by atoms with Crippen LogP contribution in [0.1, 0.15) is 17.5 Å². The summed E-state index contributed by atoms with van der Waals surface area (Å²) in [6.45, 7) is 5.62. The second-order valence-electron chi connectivity index (χ2n) is 4.21. The number of aryl methyl sites for hydroxylation is 2. The molecular formula is C12H15N5S. The minimum Gasteiger partial charge on any atom is -0.369 e. The molecule has 3 aromatic rings. The van der Waals surface area contributed by atoms with Gasteiger partial charge in [0.2, 0.25) is 5.95 Å². The number of anilines is 1. The molecular weight excluding hydrogens is 246 g/mol. The van der Waals surface area contributed by atoms with E-state index in [4.69, 9.17) is 5.73 Å². The van der Waals surface area contributed by atoms with Gasteiger partial charge in [-0.05, 0) is 25.3 Å². The minimum atomic E-state index is 0.557. The highest BCUT2D eigenvalue weighted by atomic mass is 32.1. The molecule has 2 N–H and O–H groups in total. The summed E-state index contributed by atoms with van der Waals surface area (Å²) >= 11 is 1.72. The van der Waals surface area contributed by atoms with Crippen molar-refractivity contribution in [2.75, 3.05) is 5.73 Å². The number of nitrogens with two attached hydrogens (primary N) is 1. The molecule has 5 nitrogen and oxygen atoms in total. The van der Waals surface area contributed by atoms with E-state index in [1.807, 2.05) is 22.2 Å². The van der Waals surface area contributed by atoms with Gasteiger partial charge < -0.3 is 5.73 Å². The summed E-state index contributed by atoms with van der Waals surface area (Å²) in [6.07, 6.45) is 0. The maximum Gasteiger partial charge on any atom is 0.202 e. The van der Waals surface area contributed by atoms with Gasteiger partial charge in [-0.25, -0.2) is 9.67 Å². The first kappa shape index (κ1) is 11.3. The molecule has 0 saturated carbocycles. The van der Waals surface area contributed by atoms with E-state index in [-0.39, 0.29) is 0 Å². The van der Waals surface area contributed by atoms with Crippen LogP contribution in [0, 0.1) is 6.92 Å². The number of fused-ring (bicyclic) bond motifs is 1. The highest BCUT2D eigenvalue weighted by molar-refractivity contribution is 7.09. The summed E-state index contributed by atoms with van der Waals surface area (Å²) < 4.78 is 3.99. The van der Waals surface area contributed by atoms with E-state index in [0.717, 1.165) is 29.9 Å². The van der Waals surface area contributed by atoms with Gasteiger partial charge in [-0.2, -0.15) is 5.10 Å². The van der Waals surface area contributed by atoms with Crippen LogP contribution in [0.3, 0.4) is 0 Å².